The van der Waals surface area contributed by atoms with Gasteiger partial charge in [0.15, 0.2) is 10.8 Å². The molecule has 2 aliphatic rings. The van der Waals surface area contributed by atoms with Gasteiger partial charge in [-0.05, 0) is 37.4 Å². The average Bonchev–Trinajstić information content (AvgIpc) is 3.51. The number of nitrogen functional groups attached to an aromatic ring is 2. The number of rotatable bonds is 12. The predicted octanol–water partition coefficient (Wildman–Crippen LogP) is -1.37. The number of amides is 2. The monoisotopic (exact) mass is 692 g/mol. The van der Waals surface area contributed by atoms with Gasteiger partial charge in [0, 0.05) is 23.9 Å². The van der Waals surface area contributed by atoms with Crippen LogP contribution in [-0.2, 0) is 37.1 Å². The number of thioether (sulfide) groups is 1. The number of imidazole rings is 1. The van der Waals surface area contributed by atoms with E-state index in [0.29, 0.717) is 24.2 Å². The fourth-order valence-electron chi connectivity index (χ4n) is 4.89. The van der Waals surface area contributed by atoms with E-state index < -0.39 is 47.0 Å². The maximum absolute atomic E-state index is 13.3. The highest BCUT2D eigenvalue weighted by atomic mass is 35.5. The summed E-state index contributed by atoms with van der Waals surface area (Å²) in [7, 11) is 0. The topological polar surface area (TPSA) is 261 Å². The molecule has 0 radical (unpaired) electrons. The lowest BCUT2D eigenvalue weighted by molar-refractivity contribution is -0.664. The summed E-state index contributed by atoms with van der Waals surface area (Å²) in [5, 5.41) is 26.9. The number of halogens is 1. The number of aryl methyl sites for hydroxylation is 1. The molecule has 2 aliphatic heterocycles. The number of carboxylic acid groups (broad SMARTS) is 2. The number of thiazole rings is 1. The number of hydrogen-bond donors (Lipinski definition) is 5. The number of oxime groups is 1. The number of pyridine rings is 1. The minimum atomic E-state index is -1.56. The van der Waals surface area contributed by atoms with Gasteiger partial charge in [-0.25, -0.2) is 14.3 Å². The summed E-state index contributed by atoms with van der Waals surface area (Å²) in [6.07, 6.45) is 0.974. The second-order valence-electron chi connectivity index (χ2n) is 10.5. The SMILES string of the molecule is C[C@H](N)CCn1c(N)nc2c1ccc[n+]2CC1=C(C(=O)[O-])N2C(=O)[C@@H](NC(=O)/C(=N\O[C@@H](C)C(=O)O)c3nc(N)sc3Cl)C2SC1. The first-order valence-electron chi connectivity index (χ1n) is 13.8. The zero-order valence-corrected chi connectivity index (χ0v) is 26.8. The van der Waals surface area contributed by atoms with Crippen molar-refractivity contribution >= 4 is 86.4 Å². The fraction of sp³-hybridized carbons (Fsp3) is 0.385. The molecular weight excluding hydrogens is 664 g/mol. The Morgan fingerprint density at radius 1 is 1.33 bits per heavy atom. The van der Waals surface area contributed by atoms with Gasteiger partial charge >= 0.3 is 17.6 Å². The number of carbonyl (C=O) groups is 4. The molecule has 5 heterocycles. The Morgan fingerprint density at radius 3 is 2.70 bits per heavy atom. The molecule has 17 nitrogen and oxygen atoms in total. The molecule has 2 amide bonds. The lowest BCUT2D eigenvalue weighted by Gasteiger charge is -2.50. The smallest absolute Gasteiger partial charge is 0.351 e. The standard InChI is InChI=1S/C26H29ClN10O7S2/c1-10(28)5-7-36-13-4-3-6-35(19(13)33-25(36)29)8-12-9-45-22-16(21(39)37(22)17(12)24(42)43)31-20(38)15(34-44-11(2)23(40)41)14-18(27)46-26(30)32-14/h3-4,6,10-11,16,22,29H,5,7-9,28H2,1-2H3,(H5,30,31,32,38,40,41,42,43)/b34-15-/t10-,11-,16+,22?/m0/s1. The molecule has 20 heteroatoms. The number of nitrogens with one attached hydrogen (secondary N) is 1. The van der Waals surface area contributed by atoms with Crippen molar-refractivity contribution in [3.05, 3.63) is 39.6 Å². The molecule has 5 rings (SSSR count). The van der Waals surface area contributed by atoms with Crippen LogP contribution >= 0.6 is 34.7 Å². The van der Waals surface area contributed by atoms with E-state index in [1.54, 1.807) is 16.8 Å². The van der Waals surface area contributed by atoms with E-state index in [4.69, 9.17) is 38.7 Å². The molecule has 0 spiro atoms. The molecule has 0 bridgehead atoms. The zero-order valence-electron chi connectivity index (χ0n) is 24.4. The minimum absolute atomic E-state index is 0.00459. The van der Waals surface area contributed by atoms with Crippen molar-refractivity contribution in [1.82, 2.24) is 24.8 Å². The third-order valence-electron chi connectivity index (χ3n) is 7.20. The average molecular weight is 693 g/mol. The van der Waals surface area contributed by atoms with Crippen LogP contribution in [0.2, 0.25) is 4.34 Å². The Kier molecular flexibility index (Phi) is 9.38. The van der Waals surface area contributed by atoms with Crippen LogP contribution in [0.4, 0.5) is 11.1 Å². The van der Waals surface area contributed by atoms with E-state index in [1.807, 2.05) is 17.6 Å². The highest BCUT2D eigenvalue weighted by Gasteiger charge is 2.53. The van der Waals surface area contributed by atoms with Crippen LogP contribution in [0.25, 0.3) is 11.2 Å². The summed E-state index contributed by atoms with van der Waals surface area (Å²) in [5.41, 5.74) is 18.4. The molecular formula is C26H29ClN10O7S2. The van der Waals surface area contributed by atoms with Crippen molar-refractivity contribution in [2.75, 3.05) is 17.2 Å². The summed E-state index contributed by atoms with van der Waals surface area (Å²) >= 11 is 8.24. The maximum atomic E-state index is 13.3. The van der Waals surface area contributed by atoms with Crippen LogP contribution in [0.1, 0.15) is 26.0 Å². The number of fused-ring (bicyclic) bond motifs is 2. The molecule has 0 aromatic carbocycles. The summed E-state index contributed by atoms with van der Waals surface area (Å²) < 4.78 is 3.55. The first-order chi connectivity index (χ1) is 21.8. The molecule has 3 aromatic rings. The summed E-state index contributed by atoms with van der Waals surface area (Å²) in [5.74, 6) is -4.11. The lowest BCUT2D eigenvalue weighted by Crippen LogP contribution is -2.71. The van der Waals surface area contributed by atoms with Crippen LogP contribution < -0.4 is 32.2 Å². The first kappa shape index (κ1) is 32.9. The number of β-lactam (4-membered cyclic amide) rings is 1. The molecule has 0 aliphatic carbocycles. The van der Waals surface area contributed by atoms with E-state index in [-0.39, 0.29) is 45.1 Å². The van der Waals surface area contributed by atoms with Gasteiger partial charge in [0.1, 0.15) is 33.5 Å². The van der Waals surface area contributed by atoms with Gasteiger partial charge in [0.25, 0.3) is 11.8 Å². The van der Waals surface area contributed by atoms with Crippen LogP contribution in [0.15, 0.2) is 34.8 Å². The van der Waals surface area contributed by atoms with Gasteiger partial charge in [0.2, 0.25) is 6.10 Å². The van der Waals surface area contributed by atoms with Crippen molar-refractivity contribution in [1.29, 1.82) is 0 Å². The number of nitrogens with zero attached hydrogens (tertiary/aromatic N) is 6. The largest absolute Gasteiger partial charge is 0.543 e. The van der Waals surface area contributed by atoms with Gasteiger partial charge < -0.3 is 42.4 Å². The van der Waals surface area contributed by atoms with Crippen molar-refractivity contribution in [3.8, 4) is 0 Å². The van der Waals surface area contributed by atoms with Crippen molar-refractivity contribution in [2.24, 2.45) is 10.9 Å². The second-order valence-corrected chi connectivity index (χ2v) is 13.3. The second kappa shape index (κ2) is 13.1. The van der Waals surface area contributed by atoms with Gasteiger partial charge in [-0.15, -0.1) is 11.8 Å². The molecule has 46 heavy (non-hydrogen) atoms. The van der Waals surface area contributed by atoms with Crippen LogP contribution in [0, 0.1) is 0 Å². The Morgan fingerprint density at radius 2 is 2.07 bits per heavy atom. The third-order valence-corrected chi connectivity index (χ3v) is 9.62. The van der Waals surface area contributed by atoms with Crippen molar-refractivity contribution in [2.45, 2.75) is 56.9 Å². The maximum Gasteiger partial charge on any atom is 0.351 e. The predicted molar refractivity (Wildman–Crippen MR) is 166 cm³/mol. The molecule has 4 atom stereocenters. The molecule has 1 fully saturated rings. The van der Waals surface area contributed by atoms with Crippen molar-refractivity contribution in [3.63, 3.8) is 0 Å². The number of nitrogens with two attached hydrogens (primary N) is 3. The molecule has 3 aromatic heterocycles. The molecule has 244 valence electrons. The highest BCUT2D eigenvalue weighted by Crippen LogP contribution is 2.40. The number of carbonyl (C=O) groups excluding carboxylic acids is 3. The quantitative estimate of drug-likeness (QED) is 0.0636. The van der Waals surface area contributed by atoms with Crippen LogP contribution in [0.3, 0.4) is 0 Å². The van der Waals surface area contributed by atoms with E-state index in [9.17, 15) is 24.3 Å². The van der Waals surface area contributed by atoms with E-state index in [1.165, 1.54) is 18.7 Å². The summed E-state index contributed by atoms with van der Waals surface area (Å²) in [4.78, 5) is 64.7. The number of aliphatic carboxylic acids is 2. The number of hydrogen-bond acceptors (Lipinski definition) is 14. The molecule has 0 saturated carbocycles. The van der Waals surface area contributed by atoms with Gasteiger partial charge in [-0.3, -0.25) is 19.1 Å². The molecule has 1 unspecified atom stereocenters. The zero-order chi connectivity index (χ0) is 33.4. The lowest BCUT2D eigenvalue weighted by atomic mass is 10.0. The Labute approximate surface area is 274 Å². The van der Waals surface area contributed by atoms with Crippen LogP contribution in [-0.4, -0.2) is 83.3 Å². The van der Waals surface area contributed by atoms with Crippen molar-refractivity contribution < 1.29 is 38.8 Å². The Hall–Kier alpha value is -4.46. The summed E-state index contributed by atoms with van der Waals surface area (Å²) in [6.45, 7) is 3.70. The molecule has 1 saturated heterocycles. The van der Waals surface area contributed by atoms with Gasteiger partial charge in [-0.1, -0.05) is 28.1 Å². The van der Waals surface area contributed by atoms with Gasteiger partial charge in [-0.2, -0.15) is 0 Å². The van der Waals surface area contributed by atoms with E-state index in [0.717, 1.165) is 21.8 Å². The fourth-order valence-corrected chi connectivity index (χ4v) is 7.15. The van der Waals surface area contributed by atoms with E-state index in [2.05, 4.69) is 20.4 Å². The van der Waals surface area contributed by atoms with Crippen LogP contribution in [0.5, 0.6) is 0 Å². The highest BCUT2D eigenvalue weighted by molar-refractivity contribution is 8.00. The first-order valence-corrected chi connectivity index (χ1v) is 16.0. The minimum Gasteiger partial charge on any atom is -0.543 e. The molecule has 8 N–H and O–H groups in total. The van der Waals surface area contributed by atoms with Gasteiger partial charge in [0.05, 0.1) is 17.9 Å². The summed E-state index contributed by atoms with van der Waals surface area (Å²) in [6, 6.07) is 2.42. The normalized spacial score (nSPS) is 19.4. The number of aromatic nitrogens is 4. The van der Waals surface area contributed by atoms with E-state index >= 15 is 0 Å². The number of carboxylic acids is 2. The third kappa shape index (κ3) is 6.30. The Balaban J connectivity index is 1.39. The Bertz CT molecular complexity index is 1810. The number of anilines is 2.